The minimum absolute atomic E-state index is 0.411. The fourth-order valence-corrected chi connectivity index (χ4v) is 4.20. The van der Waals surface area contributed by atoms with Gasteiger partial charge < -0.3 is 5.32 Å². The molecule has 6 nitrogen and oxygen atoms in total. The number of halogens is 1. The molecule has 0 radical (unpaired) electrons. The van der Waals surface area contributed by atoms with Gasteiger partial charge in [0.05, 0.1) is 6.54 Å². The lowest BCUT2D eigenvalue weighted by molar-refractivity contribution is 0.462. The highest BCUT2D eigenvalue weighted by Crippen LogP contribution is 2.27. The Balaban J connectivity index is 1.59. The molecule has 30 heavy (non-hydrogen) atoms. The lowest BCUT2D eigenvalue weighted by atomic mass is 9.95. The Morgan fingerprint density at radius 1 is 0.933 bits per heavy atom. The number of hydrogen-bond acceptors (Lipinski definition) is 5. The summed E-state index contributed by atoms with van der Waals surface area (Å²) in [5.41, 5.74) is 3.36. The molecule has 1 fully saturated rings. The summed E-state index contributed by atoms with van der Waals surface area (Å²) in [6.07, 6.45) is 6.10. The summed E-state index contributed by atoms with van der Waals surface area (Å²) in [4.78, 5) is 9.67. The molecule has 2 aromatic heterocycles. The molecule has 5 rings (SSSR count). The van der Waals surface area contributed by atoms with Gasteiger partial charge in [0, 0.05) is 16.6 Å². The second-order valence-electron chi connectivity index (χ2n) is 7.75. The van der Waals surface area contributed by atoms with Crippen molar-refractivity contribution in [2.75, 3.05) is 5.32 Å². The lowest BCUT2D eigenvalue weighted by Gasteiger charge is -2.23. The molecule has 4 aromatic rings. The summed E-state index contributed by atoms with van der Waals surface area (Å²) < 4.78 is 1.80. The van der Waals surface area contributed by atoms with E-state index in [4.69, 9.17) is 21.6 Å². The van der Waals surface area contributed by atoms with Crippen LogP contribution in [0.15, 0.2) is 54.6 Å². The zero-order valence-corrected chi connectivity index (χ0v) is 17.4. The van der Waals surface area contributed by atoms with E-state index >= 15 is 0 Å². The number of aromatic nitrogens is 5. The molecule has 0 amide bonds. The molecule has 1 saturated carbocycles. The Bertz CT molecular complexity index is 1150. The number of benzene rings is 2. The van der Waals surface area contributed by atoms with Crippen LogP contribution in [0.5, 0.6) is 0 Å². The van der Waals surface area contributed by atoms with Crippen molar-refractivity contribution in [1.82, 2.24) is 25.0 Å². The minimum Gasteiger partial charge on any atom is -0.365 e. The van der Waals surface area contributed by atoms with Crippen molar-refractivity contribution in [2.45, 2.75) is 44.7 Å². The summed E-state index contributed by atoms with van der Waals surface area (Å²) in [6.45, 7) is 0.504. The molecule has 7 heteroatoms. The van der Waals surface area contributed by atoms with E-state index in [1.54, 1.807) is 4.68 Å². The first-order chi connectivity index (χ1) is 14.8. The molecule has 0 atom stereocenters. The number of anilines is 1. The smallest absolute Gasteiger partial charge is 0.184 e. The van der Waals surface area contributed by atoms with Gasteiger partial charge in [0.15, 0.2) is 22.8 Å². The first-order valence-corrected chi connectivity index (χ1v) is 10.8. The maximum atomic E-state index is 6.37. The minimum atomic E-state index is 0.411. The number of rotatable bonds is 5. The van der Waals surface area contributed by atoms with Crippen LogP contribution < -0.4 is 5.32 Å². The number of hydrogen-bond donors (Lipinski definition) is 1. The van der Waals surface area contributed by atoms with Crippen LogP contribution in [0.1, 0.15) is 37.7 Å². The van der Waals surface area contributed by atoms with Crippen LogP contribution in [0.3, 0.4) is 0 Å². The van der Waals surface area contributed by atoms with Gasteiger partial charge in [0.2, 0.25) is 0 Å². The van der Waals surface area contributed by atoms with Gasteiger partial charge in [-0.25, -0.2) is 14.6 Å². The second kappa shape index (κ2) is 8.40. The molecular formula is C23H23ClN6. The van der Waals surface area contributed by atoms with Crippen molar-refractivity contribution >= 4 is 28.6 Å². The summed E-state index contributed by atoms with van der Waals surface area (Å²) in [7, 11) is 0. The molecule has 1 aliphatic carbocycles. The van der Waals surface area contributed by atoms with Crippen molar-refractivity contribution in [2.24, 2.45) is 0 Å². The van der Waals surface area contributed by atoms with Gasteiger partial charge in [-0.3, -0.25) is 0 Å². The van der Waals surface area contributed by atoms with Crippen LogP contribution in [-0.4, -0.2) is 31.0 Å². The highest BCUT2D eigenvalue weighted by atomic mass is 35.5. The van der Waals surface area contributed by atoms with Crippen molar-refractivity contribution < 1.29 is 0 Å². The molecule has 2 heterocycles. The van der Waals surface area contributed by atoms with Crippen LogP contribution in [0.4, 0.5) is 5.82 Å². The van der Waals surface area contributed by atoms with Crippen LogP contribution >= 0.6 is 11.6 Å². The standard InChI is InChI=1S/C23H23ClN6/c24-19-14-8-7-11-17(19)15-30-23-20(28-29-30)22(25-18-12-5-2-6-13-18)26-21(27-23)16-9-3-1-4-10-16/h1,3-4,7-11,14,18H,2,5-6,12-13,15H2,(H,25,26,27). The van der Waals surface area contributed by atoms with E-state index in [-0.39, 0.29) is 0 Å². The van der Waals surface area contributed by atoms with E-state index in [9.17, 15) is 0 Å². The maximum Gasteiger partial charge on any atom is 0.184 e. The third-order valence-corrected chi connectivity index (χ3v) is 5.99. The topological polar surface area (TPSA) is 68.5 Å². The Kier molecular flexibility index (Phi) is 5.32. The van der Waals surface area contributed by atoms with E-state index < -0.39 is 0 Å². The molecule has 1 N–H and O–H groups in total. The maximum absolute atomic E-state index is 6.37. The Morgan fingerprint density at radius 3 is 2.50 bits per heavy atom. The first-order valence-electron chi connectivity index (χ1n) is 10.4. The molecular weight excluding hydrogens is 396 g/mol. The zero-order chi connectivity index (χ0) is 20.3. The van der Waals surface area contributed by atoms with Gasteiger partial charge in [0.1, 0.15) is 0 Å². The van der Waals surface area contributed by atoms with Crippen LogP contribution in [-0.2, 0) is 6.54 Å². The predicted molar refractivity (Wildman–Crippen MR) is 120 cm³/mol. The van der Waals surface area contributed by atoms with Crippen LogP contribution in [0.25, 0.3) is 22.6 Å². The van der Waals surface area contributed by atoms with Gasteiger partial charge in [-0.1, -0.05) is 84.6 Å². The van der Waals surface area contributed by atoms with Gasteiger partial charge in [-0.05, 0) is 24.5 Å². The highest BCUT2D eigenvalue weighted by molar-refractivity contribution is 6.31. The highest BCUT2D eigenvalue weighted by Gasteiger charge is 2.20. The average Bonchev–Trinajstić information content (AvgIpc) is 3.20. The fourth-order valence-electron chi connectivity index (χ4n) is 4.01. The van der Waals surface area contributed by atoms with E-state index in [0.29, 0.717) is 34.6 Å². The molecule has 152 valence electrons. The quantitative estimate of drug-likeness (QED) is 0.474. The van der Waals surface area contributed by atoms with Gasteiger partial charge in [-0.2, -0.15) is 0 Å². The zero-order valence-electron chi connectivity index (χ0n) is 16.6. The molecule has 0 bridgehead atoms. The molecule has 0 spiro atoms. The third kappa shape index (κ3) is 3.87. The summed E-state index contributed by atoms with van der Waals surface area (Å²) in [6, 6.07) is 18.2. The van der Waals surface area contributed by atoms with Crippen LogP contribution in [0.2, 0.25) is 5.02 Å². The molecule has 0 saturated heterocycles. The van der Waals surface area contributed by atoms with E-state index in [2.05, 4.69) is 15.6 Å². The SMILES string of the molecule is Clc1ccccc1Cn1nnc2c(NC3CCCCC3)nc(-c3ccccc3)nc21. The monoisotopic (exact) mass is 418 g/mol. The van der Waals surface area contributed by atoms with Crippen molar-refractivity contribution in [3.8, 4) is 11.4 Å². The Hall–Kier alpha value is -2.99. The lowest BCUT2D eigenvalue weighted by Crippen LogP contribution is -2.23. The van der Waals surface area contributed by atoms with Gasteiger partial charge >= 0.3 is 0 Å². The third-order valence-electron chi connectivity index (χ3n) is 5.62. The normalized spacial score (nSPS) is 14.8. The predicted octanol–water partition coefficient (Wildman–Crippen LogP) is 5.33. The summed E-state index contributed by atoms with van der Waals surface area (Å²) in [5, 5.41) is 13.1. The number of nitrogens with one attached hydrogen (secondary N) is 1. The number of fused-ring (bicyclic) bond motifs is 1. The largest absolute Gasteiger partial charge is 0.365 e. The second-order valence-corrected chi connectivity index (χ2v) is 8.16. The van der Waals surface area contributed by atoms with Crippen molar-refractivity contribution in [1.29, 1.82) is 0 Å². The summed E-state index contributed by atoms with van der Waals surface area (Å²) in [5.74, 6) is 1.43. The molecule has 2 aromatic carbocycles. The van der Waals surface area contributed by atoms with E-state index in [0.717, 1.165) is 29.8 Å². The van der Waals surface area contributed by atoms with Crippen molar-refractivity contribution in [3.63, 3.8) is 0 Å². The first kappa shape index (κ1) is 19.0. The average molecular weight is 419 g/mol. The van der Waals surface area contributed by atoms with E-state index in [1.165, 1.54) is 19.3 Å². The van der Waals surface area contributed by atoms with Gasteiger partial charge in [-0.15, -0.1) is 5.10 Å². The Morgan fingerprint density at radius 2 is 1.70 bits per heavy atom. The fraction of sp³-hybridized carbons (Fsp3) is 0.304. The Labute approximate surface area is 180 Å². The van der Waals surface area contributed by atoms with E-state index in [1.807, 2.05) is 54.6 Å². The van der Waals surface area contributed by atoms with Crippen LogP contribution in [0, 0.1) is 0 Å². The van der Waals surface area contributed by atoms with Gasteiger partial charge in [0.25, 0.3) is 0 Å². The molecule has 0 aliphatic heterocycles. The van der Waals surface area contributed by atoms with Crippen molar-refractivity contribution in [3.05, 3.63) is 65.2 Å². The molecule has 0 unspecified atom stereocenters. The summed E-state index contributed by atoms with van der Waals surface area (Å²) >= 11 is 6.37. The number of nitrogens with zero attached hydrogens (tertiary/aromatic N) is 5. The molecule has 1 aliphatic rings.